The van der Waals surface area contributed by atoms with Crippen LogP contribution in [0, 0.1) is 5.82 Å². The van der Waals surface area contributed by atoms with Gasteiger partial charge in [-0.25, -0.2) is 4.39 Å². The summed E-state index contributed by atoms with van der Waals surface area (Å²) in [5.74, 6) is -0.426. The smallest absolute Gasteiger partial charge is 0.166 e. The minimum Gasteiger partial charge on any atom is -0.506 e. The molecule has 0 spiro atoms. The number of fused-ring (bicyclic) bond motifs is 3. The van der Waals surface area contributed by atoms with Crippen LogP contribution >= 0.6 is 27.5 Å². The van der Waals surface area contributed by atoms with Crippen LogP contribution in [0.15, 0.2) is 71.2 Å². The first-order valence-electron chi connectivity index (χ1n) is 9.60. The van der Waals surface area contributed by atoms with Gasteiger partial charge in [0.05, 0.1) is 22.1 Å². The molecule has 0 saturated carbocycles. The van der Waals surface area contributed by atoms with E-state index < -0.39 is 11.2 Å². The molecular formula is C25H18BrClFNO. The number of hydrogen-bond acceptors (Lipinski definition) is 2. The lowest BCUT2D eigenvalue weighted by Gasteiger charge is -2.42. The van der Waals surface area contributed by atoms with E-state index in [2.05, 4.69) is 29.8 Å². The predicted octanol–water partition coefficient (Wildman–Crippen LogP) is 8.21. The Morgan fingerprint density at radius 3 is 2.47 bits per heavy atom. The number of anilines is 3. The monoisotopic (exact) mass is 481 g/mol. The molecule has 0 saturated heterocycles. The number of phenolic OH excluding ortho intramolecular Hbond substituents is 1. The second-order valence-corrected chi connectivity index (χ2v) is 9.36. The number of aromatic hydroxyl groups is 1. The lowest BCUT2D eigenvalue weighted by Crippen LogP contribution is -2.31. The van der Waals surface area contributed by atoms with Crippen molar-refractivity contribution in [1.82, 2.24) is 0 Å². The Balaban J connectivity index is 1.97. The largest absolute Gasteiger partial charge is 0.506 e. The fraction of sp³-hybridized carbons (Fsp3) is 0.120. The molecule has 0 unspecified atom stereocenters. The molecule has 1 aliphatic heterocycles. The predicted molar refractivity (Wildman–Crippen MR) is 125 cm³/mol. The molecule has 0 bridgehead atoms. The summed E-state index contributed by atoms with van der Waals surface area (Å²) in [6.45, 7) is 4.15. The summed E-state index contributed by atoms with van der Waals surface area (Å²) in [6.07, 6.45) is 0. The van der Waals surface area contributed by atoms with Crippen molar-refractivity contribution in [3.8, 4) is 5.75 Å². The van der Waals surface area contributed by atoms with Gasteiger partial charge in [-0.1, -0.05) is 83.8 Å². The Labute approximate surface area is 187 Å². The van der Waals surface area contributed by atoms with Crippen LogP contribution in [-0.4, -0.2) is 5.11 Å². The number of phenols is 1. The third-order valence-electron chi connectivity index (χ3n) is 5.94. The highest BCUT2D eigenvalue weighted by Crippen LogP contribution is 2.56. The minimum absolute atomic E-state index is 0.0488. The third kappa shape index (κ3) is 2.67. The Kier molecular flexibility index (Phi) is 4.35. The molecule has 1 aliphatic rings. The van der Waals surface area contributed by atoms with E-state index in [0.717, 1.165) is 32.1 Å². The number of benzene rings is 4. The van der Waals surface area contributed by atoms with Gasteiger partial charge >= 0.3 is 0 Å². The van der Waals surface area contributed by atoms with Gasteiger partial charge in [0.25, 0.3) is 0 Å². The van der Waals surface area contributed by atoms with Gasteiger partial charge in [0.1, 0.15) is 5.75 Å². The summed E-state index contributed by atoms with van der Waals surface area (Å²) >= 11 is 9.79. The topological polar surface area (TPSA) is 23.5 Å². The zero-order chi connectivity index (χ0) is 21.2. The molecule has 5 rings (SSSR count). The van der Waals surface area contributed by atoms with Gasteiger partial charge in [0, 0.05) is 15.3 Å². The van der Waals surface area contributed by atoms with Crippen molar-refractivity contribution in [3.05, 3.63) is 93.2 Å². The van der Waals surface area contributed by atoms with Gasteiger partial charge in [-0.3, -0.25) is 0 Å². The average Bonchev–Trinajstić information content (AvgIpc) is 2.72. The molecule has 4 aromatic carbocycles. The second kappa shape index (κ2) is 6.73. The number of halogens is 3. The molecule has 0 atom stereocenters. The maximum Gasteiger partial charge on any atom is 0.166 e. The lowest BCUT2D eigenvalue weighted by molar-refractivity contribution is 0.476. The van der Waals surface area contributed by atoms with Crippen molar-refractivity contribution in [2.24, 2.45) is 0 Å². The summed E-state index contributed by atoms with van der Waals surface area (Å²) < 4.78 is 16.5. The van der Waals surface area contributed by atoms with Crippen LogP contribution in [0.5, 0.6) is 5.75 Å². The standard InChI is InChI=1S/C25H18BrClFNO/c1-25(2)17-9-8-15(26)13-20(17)29(24-18(25)10-11-19(27)22(24)28)23-16-6-4-3-5-14(16)7-12-21(23)30/h3-13,30H,1-2H3. The van der Waals surface area contributed by atoms with E-state index >= 15 is 4.39 Å². The number of rotatable bonds is 1. The van der Waals surface area contributed by atoms with Gasteiger partial charge in [0.15, 0.2) is 5.82 Å². The normalized spacial score (nSPS) is 14.5. The summed E-state index contributed by atoms with van der Waals surface area (Å²) in [5.41, 5.74) is 3.09. The van der Waals surface area contributed by atoms with Crippen molar-refractivity contribution in [1.29, 1.82) is 0 Å². The molecule has 0 amide bonds. The van der Waals surface area contributed by atoms with Gasteiger partial charge < -0.3 is 10.0 Å². The molecule has 0 aromatic heterocycles. The highest BCUT2D eigenvalue weighted by molar-refractivity contribution is 9.10. The molecule has 1 N–H and O–H groups in total. The Hall–Kier alpha value is -2.56. The van der Waals surface area contributed by atoms with E-state index in [9.17, 15) is 5.11 Å². The molecule has 30 heavy (non-hydrogen) atoms. The summed E-state index contributed by atoms with van der Waals surface area (Å²) in [6, 6.07) is 20.7. The van der Waals surface area contributed by atoms with E-state index in [1.807, 2.05) is 54.6 Å². The van der Waals surface area contributed by atoms with Gasteiger partial charge in [-0.2, -0.15) is 0 Å². The van der Waals surface area contributed by atoms with Crippen LogP contribution in [-0.2, 0) is 5.41 Å². The first-order chi connectivity index (χ1) is 14.3. The zero-order valence-electron chi connectivity index (χ0n) is 16.4. The Bertz CT molecular complexity index is 1330. The van der Waals surface area contributed by atoms with E-state index in [-0.39, 0.29) is 10.8 Å². The van der Waals surface area contributed by atoms with Crippen LogP contribution in [0.1, 0.15) is 25.0 Å². The highest BCUT2D eigenvalue weighted by atomic mass is 79.9. The Morgan fingerprint density at radius 2 is 1.67 bits per heavy atom. The molecule has 4 aromatic rings. The molecule has 0 radical (unpaired) electrons. The molecule has 2 nitrogen and oxygen atoms in total. The minimum atomic E-state index is -0.500. The molecule has 0 aliphatic carbocycles. The van der Waals surface area contributed by atoms with Gasteiger partial charge in [-0.05, 0) is 40.8 Å². The van der Waals surface area contributed by atoms with Crippen LogP contribution in [0.3, 0.4) is 0 Å². The fourth-order valence-corrected chi connectivity index (χ4v) is 4.96. The van der Waals surface area contributed by atoms with Crippen LogP contribution in [0.4, 0.5) is 21.5 Å². The van der Waals surface area contributed by atoms with E-state index in [4.69, 9.17) is 11.6 Å². The van der Waals surface area contributed by atoms with Crippen LogP contribution in [0.25, 0.3) is 10.8 Å². The van der Waals surface area contributed by atoms with E-state index in [1.165, 1.54) is 0 Å². The first-order valence-corrected chi connectivity index (χ1v) is 10.8. The van der Waals surface area contributed by atoms with Gasteiger partial charge in [-0.15, -0.1) is 0 Å². The van der Waals surface area contributed by atoms with E-state index in [1.54, 1.807) is 17.0 Å². The molecule has 1 heterocycles. The first kappa shape index (κ1) is 19.4. The highest BCUT2D eigenvalue weighted by Gasteiger charge is 2.40. The summed E-state index contributed by atoms with van der Waals surface area (Å²) in [5, 5.41) is 12.8. The lowest BCUT2D eigenvalue weighted by atomic mass is 9.73. The summed E-state index contributed by atoms with van der Waals surface area (Å²) in [7, 11) is 0. The van der Waals surface area contributed by atoms with Gasteiger partial charge in [0.2, 0.25) is 0 Å². The van der Waals surface area contributed by atoms with Crippen LogP contribution < -0.4 is 4.90 Å². The van der Waals surface area contributed by atoms with Crippen molar-refractivity contribution in [2.45, 2.75) is 19.3 Å². The summed E-state index contributed by atoms with van der Waals surface area (Å²) in [4.78, 5) is 1.81. The van der Waals surface area contributed by atoms with Crippen molar-refractivity contribution < 1.29 is 9.50 Å². The van der Waals surface area contributed by atoms with Crippen molar-refractivity contribution in [2.75, 3.05) is 4.90 Å². The Morgan fingerprint density at radius 1 is 0.933 bits per heavy atom. The zero-order valence-corrected chi connectivity index (χ0v) is 18.7. The third-order valence-corrected chi connectivity index (χ3v) is 6.73. The average molecular weight is 483 g/mol. The van der Waals surface area contributed by atoms with Crippen molar-refractivity contribution in [3.63, 3.8) is 0 Å². The quantitative estimate of drug-likeness (QED) is 0.295. The van der Waals surface area contributed by atoms with Crippen molar-refractivity contribution >= 4 is 55.4 Å². The SMILES string of the molecule is CC1(C)c2ccc(Br)cc2N(c2c(O)ccc3ccccc23)c2c1ccc(Cl)c2F. The van der Waals surface area contributed by atoms with E-state index in [0.29, 0.717) is 11.4 Å². The fourth-order valence-electron chi connectivity index (χ4n) is 4.46. The molecular weight excluding hydrogens is 465 g/mol. The molecule has 0 fully saturated rings. The second-order valence-electron chi connectivity index (χ2n) is 8.03. The number of nitrogens with zero attached hydrogens (tertiary/aromatic N) is 1. The molecule has 150 valence electrons. The van der Waals surface area contributed by atoms with Crippen LogP contribution in [0.2, 0.25) is 5.02 Å². The maximum absolute atomic E-state index is 15.6. The maximum atomic E-state index is 15.6. The number of hydrogen-bond donors (Lipinski definition) is 1. The molecule has 5 heteroatoms.